The van der Waals surface area contributed by atoms with Gasteiger partial charge in [0, 0.05) is 18.2 Å². The molecular weight excluding hydrogens is 376 g/mol. The summed E-state index contributed by atoms with van der Waals surface area (Å²) in [6.07, 6.45) is 2.66. The van der Waals surface area contributed by atoms with Crippen molar-refractivity contribution in [3.05, 3.63) is 54.4 Å². The Labute approximate surface area is 165 Å². The zero-order chi connectivity index (χ0) is 20.3. The first-order chi connectivity index (χ1) is 13.3. The molecule has 1 aromatic heterocycles. The van der Waals surface area contributed by atoms with E-state index in [1.165, 1.54) is 12.6 Å². The smallest absolute Gasteiger partial charge is 0.175 e. The normalized spacial score (nSPS) is 12.9. The van der Waals surface area contributed by atoms with Crippen LogP contribution in [0.15, 0.2) is 53.7 Å². The van der Waals surface area contributed by atoms with Crippen LogP contribution in [-0.2, 0) is 9.84 Å². The molecule has 1 atom stereocenters. The van der Waals surface area contributed by atoms with Gasteiger partial charge in [-0.15, -0.1) is 0 Å². The summed E-state index contributed by atoms with van der Waals surface area (Å²) in [6.45, 7) is 0.579. The van der Waals surface area contributed by atoms with E-state index in [4.69, 9.17) is 4.74 Å². The molecule has 0 saturated carbocycles. The molecule has 2 aromatic carbocycles. The Kier molecular flexibility index (Phi) is 5.81. The van der Waals surface area contributed by atoms with Gasteiger partial charge in [0.1, 0.15) is 17.9 Å². The molecule has 3 rings (SSSR count). The predicted octanol–water partition coefficient (Wildman–Crippen LogP) is 2.76. The van der Waals surface area contributed by atoms with Gasteiger partial charge in [-0.1, -0.05) is 12.1 Å². The third kappa shape index (κ3) is 4.40. The van der Waals surface area contributed by atoms with E-state index in [9.17, 15) is 8.42 Å². The Morgan fingerprint density at radius 3 is 2.61 bits per heavy atom. The van der Waals surface area contributed by atoms with Crippen LogP contribution >= 0.6 is 0 Å². The summed E-state index contributed by atoms with van der Waals surface area (Å²) in [5, 5.41) is 4.03. The molecule has 0 aliphatic carbocycles. The van der Waals surface area contributed by atoms with E-state index in [0.29, 0.717) is 23.3 Å². The average molecular weight is 401 g/mol. The molecule has 8 heteroatoms. The van der Waals surface area contributed by atoms with Gasteiger partial charge in [-0.25, -0.2) is 18.4 Å². The largest absolute Gasteiger partial charge is 0.497 e. The number of nitrogens with zero attached hydrogens (tertiary/aromatic N) is 3. The van der Waals surface area contributed by atoms with Crippen LogP contribution in [0.2, 0.25) is 0 Å². The molecule has 1 N–H and O–H groups in total. The Morgan fingerprint density at radius 2 is 1.93 bits per heavy atom. The molecule has 7 nitrogen and oxygen atoms in total. The van der Waals surface area contributed by atoms with Crippen LogP contribution in [-0.4, -0.2) is 57.3 Å². The molecule has 0 amide bonds. The molecule has 0 radical (unpaired) electrons. The van der Waals surface area contributed by atoms with Gasteiger partial charge in [0.2, 0.25) is 0 Å². The summed E-state index contributed by atoms with van der Waals surface area (Å²) >= 11 is 0. The second kappa shape index (κ2) is 8.12. The van der Waals surface area contributed by atoms with Gasteiger partial charge >= 0.3 is 0 Å². The van der Waals surface area contributed by atoms with Crippen molar-refractivity contribution in [3.63, 3.8) is 0 Å². The first kappa shape index (κ1) is 20.0. The predicted molar refractivity (Wildman–Crippen MR) is 111 cm³/mol. The summed E-state index contributed by atoms with van der Waals surface area (Å²) in [5.74, 6) is 1.40. The molecule has 28 heavy (non-hydrogen) atoms. The van der Waals surface area contributed by atoms with Crippen LogP contribution in [0.4, 0.5) is 5.82 Å². The fourth-order valence-electron chi connectivity index (χ4n) is 3.05. The molecule has 0 bridgehead atoms. The highest BCUT2D eigenvalue weighted by Crippen LogP contribution is 2.26. The van der Waals surface area contributed by atoms with Crippen molar-refractivity contribution in [3.8, 4) is 5.75 Å². The van der Waals surface area contributed by atoms with E-state index in [-0.39, 0.29) is 10.9 Å². The number of ether oxygens (including phenoxy) is 1. The number of sulfone groups is 1. The number of anilines is 1. The van der Waals surface area contributed by atoms with Crippen molar-refractivity contribution >= 4 is 26.6 Å². The Balaban J connectivity index is 1.92. The Hall–Kier alpha value is -2.71. The molecule has 1 heterocycles. The molecular formula is C20H24N4O3S. The lowest BCUT2D eigenvalue weighted by Crippen LogP contribution is -2.27. The first-order valence-electron chi connectivity index (χ1n) is 8.78. The standard InChI is InChI=1S/C20H24N4O3S/c1-24(2)19(14-6-5-7-15(10-14)27-3)12-21-20-17-11-16(28(4,25)26)8-9-18(17)22-13-23-20/h5-11,13,19H,12H2,1-4H3,(H,21,22,23). The number of benzene rings is 2. The van der Waals surface area contributed by atoms with Crippen LogP contribution < -0.4 is 10.1 Å². The molecule has 0 aliphatic rings. The SMILES string of the molecule is COc1cccc(C(CNc2ncnc3ccc(S(C)(=O)=O)cc23)N(C)C)c1. The highest BCUT2D eigenvalue weighted by Gasteiger charge is 2.16. The van der Waals surface area contributed by atoms with Crippen LogP contribution in [0.25, 0.3) is 10.9 Å². The third-order valence-electron chi connectivity index (χ3n) is 4.60. The van der Waals surface area contributed by atoms with Gasteiger partial charge in [0.25, 0.3) is 0 Å². The zero-order valence-electron chi connectivity index (χ0n) is 16.4. The van der Waals surface area contributed by atoms with Crippen molar-refractivity contribution in [1.29, 1.82) is 0 Å². The maximum absolute atomic E-state index is 11.9. The van der Waals surface area contributed by atoms with Crippen LogP contribution in [0, 0.1) is 0 Å². The topological polar surface area (TPSA) is 84.4 Å². The summed E-state index contributed by atoms with van der Waals surface area (Å²) in [6, 6.07) is 12.9. The van der Waals surface area contributed by atoms with Gasteiger partial charge in [-0.05, 0) is 50.0 Å². The summed E-state index contributed by atoms with van der Waals surface area (Å²) < 4.78 is 29.2. The van der Waals surface area contributed by atoms with Crippen LogP contribution in [0.3, 0.4) is 0 Å². The number of likely N-dealkylation sites (N-methyl/N-ethyl adjacent to an activating group) is 1. The van der Waals surface area contributed by atoms with Crippen LogP contribution in [0.1, 0.15) is 11.6 Å². The number of hydrogen-bond donors (Lipinski definition) is 1. The quantitative estimate of drug-likeness (QED) is 0.653. The fraction of sp³-hybridized carbons (Fsp3) is 0.300. The van der Waals surface area contributed by atoms with Crippen molar-refractivity contribution in [2.24, 2.45) is 0 Å². The summed E-state index contributed by atoms with van der Waals surface area (Å²) in [4.78, 5) is 10.9. The van der Waals surface area contributed by atoms with Crippen molar-refractivity contribution < 1.29 is 13.2 Å². The Bertz CT molecular complexity index is 1080. The monoisotopic (exact) mass is 400 g/mol. The van der Waals surface area contributed by atoms with Gasteiger partial charge in [0.05, 0.1) is 23.6 Å². The minimum atomic E-state index is -3.31. The number of fused-ring (bicyclic) bond motifs is 1. The maximum Gasteiger partial charge on any atom is 0.175 e. The minimum absolute atomic E-state index is 0.0678. The summed E-state index contributed by atoms with van der Waals surface area (Å²) in [7, 11) is 2.35. The highest BCUT2D eigenvalue weighted by atomic mass is 32.2. The van der Waals surface area contributed by atoms with E-state index in [1.54, 1.807) is 25.3 Å². The second-order valence-corrected chi connectivity index (χ2v) is 8.83. The lowest BCUT2D eigenvalue weighted by Gasteiger charge is -2.26. The minimum Gasteiger partial charge on any atom is -0.497 e. The van der Waals surface area contributed by atoms with Gasteiger partial charge < -0.3 is 15.0 Å². The molecule has 0 fully saturated rings. The second-order valence-electron chi connectivity index (χ2n) is 6.81. The van der Waals surface area contributed by atoms with E-state index in [2.05, 4.69) is 26.3 Å². The number of methoxy groups -OCH3 is 1. The van der Waals surface area contributed by atoms with E-state index in [0.717, 1.165) is 11.3 Å². The van der Waals surface area contributed by atoms with Gasteiger partial charge in [-0.2, -0.15) is 0 Å². The molecule has 0 spiro atoms. The first-order valence-corrected chi connectivity index (χ1v) is 10.7. The molecule has 148 valence electrons. The van der Waals surface area contributed by atoms with E-state index in [1.807, 2.05) is 32.3 Å². The molecule has 3 aromatic rings. The average Bonchev–Trinajstić information content (AvgIpc) is 2.67. The van der Waals surface area contributed by atoms with Gasteiger partial charge in [0.15, 0.2) is 9.84 Å². The van der Waals surface area contributed by atoms with E-state index >= 15 is 0 Å². The fourth-order valence-corrected chi connectivity index (χ4v) is 3.70. The van der Waals surface area contributed by atoms with Gasteiger partial charge in [-0.3, -0.25) is 0 Å². The Morgan fingerprint density at radius 1 is 1.14 bits per heavy atom. The summed E-state index contributed by atoms with van der Waals surface area (Å²) in [5.41, 5.74) is 1.79. The maximum atomic E-state index is 11.9. The van der Waals surface area contributed by atoms with Crippen LogP contribution in [0.5, 0.6) is 5.75 Å². The number of hydrogen-bond acceptors (Lipinski definition) is 7. The molecule has 1 unspecified atom stereocenters. The van der Waals surface area contributed by atoms with Crippen molar-refractivity contribution in [2.75, 3.05) is 39.3 Å². The third-order valence-corrected chi connectivity index (χ3v) is 5.71. The highest BCUT2D eigenvalue weighted by molar-refractivity contribution is 7.90. The number of rotatable bonds is 7. The number of aromatic nitrogens is 2. The van der Waals surface area contributed by atoms with E-state index < -0.39 is 9.84 Å². The molecule has 0 aliphatic heterocycles. The lowest BCUT2D eigenvalue weighted by atomic mass is 10.1. The van der Waals surface area contributed by atoms with Crippen molar-refractivity contribution in [2.45, 2.75) is 10.9 Å². The number of nitrogens with one attached hydrogen (secondary N) is 1. The zero-order valence-corrected chi connectivity index (χ0v) is 17.2. The lowest BCUT2D eigenvalue weighted by molar-refractivity contribution is 0.310. The molecule has 0 saturated heterocycles. The van der Waals surface area contributed by atoms with Crippen molar-refractivity contribution in [1.82, 2.24) is 14.9 Å².